The highest BCUT2D eigenvalue weighted by Crippen LogP contribution is 2.24. The van der Waals surface area contributed by atoms with Gasteiger partial charge in [-0.25, -0.2) is 4.98 Å². The van der Waals surface area contributed by atoms with Crippen LogP contribution in [0.5, 0.6) is 0 Å². The molecule has 146 valence electrons. The second-order valence-corrected chi connectivity index (χ2v) is 8.84. The van der Waals surface area contributed by atoms with E-state index < -0.39 is 0 Å². The molecule has 27 heavy (non-hydrogen) atoms. The number of hydrogen-bond donors (Lipinski definition) is 0. The van der Waals surface area contributed by atoms with Gasteiger partial charge in [0.15, 0.2) is 0 Å². The molecule has 0 spiro atoms. The molecule has 2 saturated heterocycles. The van der Waals surface area contributed by atoms with Crippen molar-refractivity contribution >= 4 is 23.1 Å². The molecule has 1 atom stereocenters. The van der Waals surface area contributed by atoms with Crippen LogP contribution in [0.4, 0.5) is 11.8 Å². The van der Waals surface area contributed by atoms with Crippen LogP contribution >= 0.6 is 11.3 Å². The molecule has 4 rings (SSSR count). The second kappa shape index (κ2) is 8.54. The van der Waals surface area contributed by atoms with Crippen LogP contribution in [0.3, 0.4) is 0 Å². The summed E-state index contributed by atoms with van der Waals surface area (Å²) in [6.45, 7) is 8.75. The van der Waals surface area contributed by atoms with Crippen molar-refractivity contribution in [3.63, 3.8) is 0 Å². The molecule has 0 aromatic carbocycles. The summed E-state index contributed by atoms with van der Waals surface area (Å²) in [5.74, 6) is 1.84. The Kier molecular flexibility index (Phi) is 5.90. The van der Waals surface area contributed by atoms with Crippen LogP contribution < -0.4 is 9.80 Å². The van der Waals surface area contributed by atoms with Gasteiger partial charge in [-0.15, -0.1) is 11.3 Å². The Morgan fingerprint density at radius 3 is 2.85 bits per heavy atom. The Balaban J connectivity index is 1.41. The number of thiophene rings is 1. The molecule has 7 heteroatoms. The lowest BCUT2D eigenvalue weighted by Gasteiger charge is -2.38. The Morgan fingerprint density at radius 2 is 2.07 bits per heavy atom. The molecule has 0 radical (unpaired) electrons. The Bertz CT molecular complexity index is 745. The van der Waals surface area contributed by atoms with Gasteiger partial charge in [-0.3, -0.25) is 4.90 Å². The Morgan fingerprint density at radius 1 is 1.22 bits per heavy atom. The normalized spacial score (nSPS) is 21.4. The average Bonchev–Trinajstić information content (AvgIpc) is 3.13. The van der Waals surface area contributed by atoms with Crippen molar-refractivity contribution < 1.29 is 4.74 Å². The van der Waals surface area contributed by atoms with E-state index in [1.807, 2.05) is 23.6 Å². The first-order valence-electron chi connectivity index (χ1n) is 9.85. The number of rotatable bonds is 5. The van der Waals surface area contributed by atoms with E-state index in [4.69, 9.17) is 9.72 Å². The molecule has 2 aliphatic rings. The van der Waals surface area contributed by atoms with Gasteiger partial charge in [-0.2, -0.15) is 4.98 Å². The van der Waals surface area contributed by atoms with E-state index in [9.17, 15) is 0 Å². The maximum Gasteiger partial charge on any atom is 0.227 e. The summed E-state index contributed by atoms with van der Waals surface area (Å²) < 4.78 is 5.44. The maximum atomic E-state index is 5.44. The number of aryl methyl sites for hydroxylation is 1. The van der Waals surface area contributed by atoms with Gasteiger partial charge in [0, 0.05) is 55.2 Å². The molecule has 0 bridgehead atoms. The van der Waals surface area contributed by atoms with Gasteiger partial charge in [0.25, 0.3) is 0 Å². The maximum absolute atomic E-state index is 5.44. The Labute approximate surface area is 165 Å². The third-order valence-electron chi connectivity index (χ3n) is 5.49. The minimum Gasteiger partial charge on any atom is -0.378 e. The van der Waals surface area contributed by atoms with E-state index >= 15 is 0 Å². The first kappa shape index (κ1) is 18.7. The van der Waals surface area contributed by atoms with Crippen LogP contribution in [0.25, 0.3) is 0 Å². The molecule has 4 heterocycles. The first-order chi connectivity index (χ1) is 13.2. The van der Waals surface area contributed by atoms with Gasteiger partial charge < -0.3 is 14.5 Å². The fourth-order valence-corrected chi connectivity index (χ4v) is 4.85. The number of nitrogens with zero attached hydrogens (tertiary/aromatic N) is 5. The van der Waals surface area contributed by atoms with E-state index in [1.54, 1.807) is 0 Å². The van der Waals surface area contributed by atoms with Crippen molar-refractivity contribution in [1.82, 2.24) is 14.9 Å². The number of hydrogen-bond acceptors (Lipinski definition) is 7. The summed E-state index contributed by atoms with van der Waals surface area (Å²) in [5.41, 5.74) is 0. The molecule has 2 aromatic heterocycles. The van der Waals surface area contributed by atoms with Gasteiger partial charge >= 0.3 is 0 Å². The average molecular weight is 388 g/mol. The largest absolute Gasteiger partial charge is 0.378 e. The number of aromatic nitrogens is 2. The lowest BCUT2D eigenvalue weighted by molar-refractivity contribution is 0.122. The lowest BCUT2D eigenvalue weighted by Crippen LogP contribution is -2.46. The van der Waals surface area contributed by atoms with Gasteiger partial charge in [-0.05, 0) is 44.5 Å². The van der Waals surface area contributed by atoms with Crippen LogP contribution in [0.15, 0.2) is 24.4 Å². The van der Waals surface area contributed by atoms with Crippen LogP contribution in [0.2, 0.25) is 0 Å². The summed E-state index contributed by atoms with van der Waals surface area (Å²) in [4.78, 5) is 19.3. The Hall–Kier alpha value is -1.70. The molecule has 1 unspecified atom stereocenters. The van der Waals surface area contributed by atoms with Gasteiger partial charge in [-0.1, -0.05) is 0 Å². The third kappa shape index (κ3) is 4.59. The summed E-state index contributed by atoms with van der Waals surface area (Å²) >= 11 is 1.91. The zero-order chi connectivity index (χ0) is 18.6. The highest BCUT2D eigenvalue weighted by molar-refractivity contribution is 7.11. The van der Waals surface area contributed by atoms with E-state index in [0.29, 0.717) is 6.04 Å². The molecule has 2 aromatic rings. The summed E-state index contributed by atoms with van der Waals surface area (Å²) in [5, 5.41) is 0. The lowest BCUT2D eigenvalue weighted by atomic mass is 10.0. The number of likely N-dealkylation sites (N-methyl/N-ethyl adjacent to an activating group) is 1. The van der Waals surface area contributed by atoms with Crippen LogP contribution in [0.1, 0.15) is 22.6 Å². The number of morpholine rings is 1. The molecule has 0 N–H and O–H groups in total. The topological polar surface area (TPSA) is 44.7 Å². The monoisotopic (exact) mass is 387 g/mol. The standard InChI is InChI=1S/C20H29N5OS/c1-16-5-6-18(27-16)15-24-9-3-4-17(14-24)23(2)19-7-8-21-20(22-19)25-10-12-26-13-11-25/h5-8,17H,3-4,9-15H2,1-2H3. The molecular weight excluding hydrogens is 358 g/mol. The van der Waals surface area contributed by atoms with Gasteiger partial charge in [0.1, 0.15) is 5.82 Å². The van der Waals surface area contributed by atoms with E-state index in [0.717, 1.165) is 51.2 Å². The van der Waals surface area contributed by atoms with Crippen molar-refractivity contribution in [2.45, 2.75) is 32.4 Å². The predicted octanol–water partition coefficient (Wildman–Crippen LogP) is 2.78. The van der Waals surface area contributed by atoms with E-state index in [1.165, 1.54) is 29.1 Å². The molecule has 0 aliphatic carbocycles. The van der Waals surface area contributed by atoms with Gasteiger partial charge in [0.2, 0.25) is 5.95 Å². The minimum absolute atomic E-state index is 0.493. The van der Waals surface area contributed by atoms with Crippen molar-refractivity contribution in [2.75, 3.05) is 56.2 Å². The zero-order valence-electron chi connectivity index (χ0n) is 16.3. The van der Waals surface area contributed by atoms with Crippen molar-refractivity contribution in [2.24, 2.45) is 0 Å². The predicted molar refractivity (Wildman–Crippen MR) is 111 cm³/mol. The van der Waals surface area contributed by atoms with Crippen molar-refractivity contribution in [3.8, 4) is 0 Å². The molecular formula is C20H29N5OS. The SMILES string of the molecule is Cc1ccc(CN2CCCC(N(C)c3ccnc(N4CCOCC4)n3)C2)s1. The van der Waals surface area contributed by atoms with E-state index in [-0.39, 0.29) is 0 Å². The molecule has 6 nitrogen and oxygen atoms in total. The zero-order valence-corrected chi connectivity index (χ0v) is 17.1. The highest BCUT2D eigenvalue weighted by atomic mass is 32.1. The number of ether oxygens (including phenoxy) is 1. The van der Waals surface area contributed by atoms with Crippen molar-refractivity contribution in [3.05, 3.63) is 34.2 Å². The molecule has 0 amide bonds. The molecule has 2 aliphatic heterocycles. The van der Waals surface area contributed by atoms with Crippen LogP contribution in [-0.4, -0.2) is 67.4 Å². The van der Waals surface area contributed by atoms with Gasteiger partial charge in [0.05, 0.1) is 13.2 Å². The third-order valence-corrected chi connectivity index (χ3v) is 6.47. The van der Waals surface area contributed by atoms with E-state index in [2.05, 4.69) is 45.8 Å². The smallest absolute Gasteiger partial charge is 0.227 e. The first-order valence-corrected chi connectivity index (χ1v) is 10.7. The summed E-state index contributed by atoms with van der Waals surface area (Å²) in [6, 6.07) is 7.02. The second-order valence-electron chi connectivity index (χ2n) is 7.47. The number of piperidine rings is 1. The minimum atomic E-state index is 0.493. The number of likely N-dealkylation sites (tertiary alicyclic amines) is 1. The van der Waals surface area contributed by atoms with Crippen LogP contribution in [0, 0.1) is 6.92 Å². The highest BCUT2D eigenvalue weighted by Gasteiger charge is 2.25. The molecule has 0 saturated carbocycles. The number of anilines is 2. The van der Waals surface area contributed by atoms with Crippen LogP contribution in [-0.2, 0) is 11.3 Å². The summed E-state index contributed by atoms with van der Waals surface area (Å²) in [6.07, 6.45) is 4.34. The quantitative estimate of drug-likeness (QED) is 0.786. The summed E-state index contributed by atoms with van der Waals surface area (Å²) in [7, 11) is 2.18. The molecule has 2 fully saturated rings. The fraction of sp³-hybridized carbons (Fsp3) is 0.600. The van der Waals surface area contributed by atoms with Crippen molar-refractivity contribution in [1.29, 1.82) is 0 Å². The fourth-order valence-electron chi connectivity index (χ4n) is 3.92.